The van der Waals surface area contributed by atoms with Gasteiger partial charge in [-0.2, -0.15) is 0 Å². The highest BCUT2D eigenvalue weighted by atomic mass is 16.5. The Hall–Kier alpha value is -3.15. The zero-order valence-electron chi connectivity index (χ0n) is 14.6. The van der Waals surface area contributed by atoms with Crippen LogP contribution in [-0.2, 0) is 25.5 Å². The van der Waals surface area contributed by atoms with Crippen LogP contribution in [0.15, 0.2) is 54.6 Å². The lowest BCUT2D eigenvalue weighted by Crippen LogP contribution is -2.21. The summed E-state index contributed by atoms with van der Waals surface area (Å²) in [6.45, 7) is 1.91. The maximum atomic E-state index is 11.8. The predicted molar refractivity (Wildman–Crippen MR) is 96.8 cm³/mol. The Morgan fingerprint density at radius 3 is 2.27 bits per heavy atom. The van der Waals surface area contributed by atoms with E-state index in [1.165, 1.54) is 0 Å². The van der Waals surface area contributed by atoms with Crippen molar-refractivity contribution in [1.29, 1.82) is 0 Å². The second-order valence-electron chi connectivity index (χ2n) is 5.58. The van der Waals surface area contributed by atoms with Crippen molar-refractivity contribution in [1.82, 2.24) is 0 Å². The van der Waals surface area contributed by atoms with Crippen LogP contribution in [0, 0.1) is 0 Å². The summed E-state index contributed by atoms with van der Waals surface area (Å²) < 4.78 is 9.99. The largest absolute Gasteiger partial charge is 0.462 e. The second kappa shape index (κ2) is 9.98. The van der Waals surface area contributed by atoms with Gasteiger partial charge >= 0.3 is 11.9 Å². The first-order valence-corrected chi connectivity index (χ1v) is 8.35. The Kier molecular flexibility index (Phi) is 7.36. The minimum absolute atomic E-state index is 0.114. The molecule has 136 valence electrons. The Bertz CT molecular complexity index is 741. The van der Waals surface area contributed by atoms with Crippen molar-refractivity contribution in [2.24, 2.45) is 0 Å². The van der Waals surface area contributed by atoms with Gasteiger partial charge in [0.2, 0.25) is 0 Å². The maximum Gasteiger partial charge on any atom is 0.338 e. The van der Waals surface area contributed by atoms with Crippen molar-refractivity contribution in [3.63, 3.8) is 0 Å². The molecule has 0 saturated heterocycles. The van der Waals surface area contributed by atoms with Crippen LogP contribution in [0.3, 0.4) is 0 Å². The molecule has 2 aromatic carbocycles. The lowest BCUT2D eigenvalue weighted by atomic mass is 10.2. The topological polar surface area (TPSA) is 81.7 Å². The van der Waals surface area contributed by atoms with Crippen molar-refractivity contribution in [2.45, 2.75) is 19.8 Å². The average Bonchev–Trinajstić information content (AvgIpc) is 2.66. The number of ether oxygens (including phenoxy) is 2. The SMILES string of the molecule is CCCOC(=O)c1ccc(NC(=O)COC(=O)Cc2ccccc2)cc1. The van der Waals surface area contributed by atoms with Crippen LogP contribution in [0.5, 0.6) is 0 Å². The lowest BCUT2D eigenvalue weighted by Gasteiger charge is -2.08. The minimum atomic E-state index is -0.472. The predicted octanol–water partition coefficient (Wildman–Crippen LogP) is 2.98. The molecule has 6 nitrogen and oxygen atoms in total. The average molecular weight is 355 g/mol. The summed E-state index contributed by atoms with van der Waals surface area (Å²) in [5.41, 5.74) is 1.73. The number of carbonyl (C=O) groups is 3. The van der Waals surface area contributed by atoms with E-state index in [0.717, 1.165) is 12.0 Å². The third-order valence-electron chi connectivity index (χ3n) is 3.40. The number of amides is 1. The number of carbonyl (C=O) groups excluding carboxylic acids is 3. The highest BCUT2D eigenvalue weighted by Gasteiger charge is 2.10. The molecule has 0 aliphatic rings. The van der Waals surface area contributed by atoms with Gasteiger partial charge in [0.1, 0.15) is 0 Å². The van der Waals surface area contributed by atoms with E-state index < -0.39 is 17.8 Å². The number of rotatable bonds is 8. The Morgan fingerprint density at radius 1 is 0.923 bits per heavy atom. The Morgan fingerprint density at radius 2 is 1.62 bits per heavy atom. The Labute approximate surface area is 152 Å². The van der Waals surface area contributed by atoms with Gasteiger partial charge in [-0.1, -0.05) is 37.3 Å². The standard InChI is InChI=1S/C20H21NO5/c1-2-12-25-20(24)16-8-10-17(11-9-16)21-18(22)14-26-19(23)13-15-6-4-3-5-7-15/h3-11H,2,12-14H2,1H3,(H,21,22). The summed E-state index contributed by atoms with van der Waals surface area (Å²) in [7, 11) is 0. The minimum Gasteiger partial charge on any atom is -0.462 e. The molecule has 0 spiro atoms. The molecule has 2 aromatic rings. The molecule has 0 fully saturated rings. The molecule has 2 rings (SSSR count). The van der Waals surface area contributed by atoms with Crippen LogP contribution >= 0.6 is 0 Å². The molecule has 6 heteroatoms. The van der Waals surface area contributed by atoms with E-state index in [9.17, 15) is 14.4 Å². The fourth-order valence-electron chi connectivity index (χ4n) is 2.12. The fraction of sp³-hybridized carbons (Fsp3) is 0.250. The van der Waals surface area contributed by atoms with Crippen molar-refractivity contribution >= 4 is 23.5 Å². The van der Waals surface area contributed by atoms with Gasteiger partial charge in [-0.15, -0.1) is 0 Å². The highest BCUT2D eigenvalue weighted by molar-refractivity contribution is 5.94. The number of hydrogen-bond donors (Lipinski definition) is 1. The normalized spacial score (nSPS) is 10.0. The molecule has 0 atom stereocenters. The molecule has 0 bridgehead atoms. The van der Waals surface area contributed by atoms with Crippen LogP contribution in [0.2, 0.25) is 0 Å². The van der Waals surface area contributed by atoms with Gasteiger partial charge in [0.25, 0.3) is 5.91 Å². The number of esters is 2. The summed E-state index contributed by atoms with van der Waals surface area (Å²) in [5.74, 6) is -1.33. The van der Waals surface area contributed by atoms with Gasteiger partial charge in [0.15, 0.2) is 6.61 Å². The molecule has 0 heterocycles. The molecule has 0 saturated carbocycles. The third kappa shape index (κ3) is 6.39. The highest BCUT2D eigenvalue weighted by Crippen LogP contribution is 2.11. The summed E-state index contributed by atoms with van der Waals surface area (Å²) in [4.78, 5) is 35.3. The van der Waals surface area contributed by atoms with Gasteiger partial charge in [-0.05, 0) is 36.2 Å². The van der Waals surface area contributed by atoms with Crippen molar-refractivity contribution in [2.75, 3.05) is 18.5 Å². The van der Waals surface area contributed by atoms with E-state index >= 15 is 0 Å². The van der Waals surface area contributed by atoms with Gasteiger partial charge in [-0.25, -0.2) is 4.79 Å². The van der Waals surface area contributed by atoms with Crippen molar-refractivity contribution in [3.8, 4) is 0 Å². The number of hydrogen-bond acceptors (Lipinski definition) is 5. The first-order chi connectivity index (χ1) is 12.6. The maximum absolute atomic E-state index is 11.8. The van der Waals surface area contributed by atoms with E-state index in [1.54, 1.807) is 24.3 Å². The summed E-state index contributed by atoms with van der Waals surface area (Å²) in [6, 6.07) is 15.5. The number of anilines is 1. The van der Waals surface area contributed by atoms with E-state index in [4.69, 9.17) is 9.47 Å². The van der Waals surface area contributed by atoms with Crippen LogP contribution in [0.1, 0.15) is 29.3 Å². The van der Waals surface area contributed by atoms with Gasteiger partial charge < -0.3 is 14.8 Å². The first-order valence-electron chi connectivity index (χ1n) is 8.35. The molecular formula is C20H21NO5. The molecular weight excluding hydrogens is 334 g/mol. The molecule has 0 unspecified atom stereocenters. The molecule has 0 aromatic heterocycles. The van der Waals surface area contributed by atoms with Crippen LogP contribution < -0.4 is 5.32 Å². The second-order valence-corrected chi connectivity index (χ2v) is 5.58. The quantitative estimate of drug-likeness (QED) is 0.736. The fourth-order valence-corrected chi connectivity index (χ4v) is 2.12. The van der Waals surface area contributed by atoms with E-state index in [-0.39, 0.29) is 13.0 Å². The monoisotopic (exact) mass is 355 g/mol. The lowest BCUT2D eigenvalue weighted by molar-refractivity contribution is -0.146. The smallest absolute Gasteiger partial charge is 0.338 e. The molecule has 0 aliphatic heterocycles. The van der Waals surface area contributed by atoms with E-state index in [1.807, 2.05) is 37.3 Å². The van der Waals surface area contributed by atoms with Crippen LogP contribution in [0.25, 0.3) is 0 Å². The zero-order valence-corrected chi connectivity index (χ0v) is 14.6. The Balaban J connectivity index is 1.77. The van der Waals surface area contributed by atoms with Crippen LogP contribution in [-0.4, -0.2) is 31.1 Å². The van der Waals surface area contributed by atoms with Crippen LogP contribution in [0.4, 0.5) is 5.69 Å². The summed E-state index contributed by atoms with van der Waals surface area (Å²) >= 11 is 0. The third-order valence-corrected chi connectivity index (χ3v) is 3.40. The van der Waals surface area contributed by atoms with Gasteiger partial charge in [0, 0.05) is 5.69 Å². The molecule has 1 amide bonds. The number of benzene rings is 2. The summed E-state index contributed by atoms with van der Waals surface area (Å²) in [5, 5.41) is 2.60. The van der Waals surface area contributed by atoms with Gasteiger partial charge in [-0.3, -0.25) is 9.59 Å². The number of nitrogens with one attached hydrogen (secondary N) is 1. The summed E-state index contributed by atoms with van der Waals surface area (Å²) in [6.07, 6.45) is 0.867. The molecule has 1 N–H and O–H groups in total. The molecule has 0 aliphatic carbocycles. The van der Waals surface area contributed by atoms with Crippen molar-refractivity contribution < 1.29 is 23.9 Å². The van der Waals surface area contributed by atoms with E-state index in [0.29, 0.717) is 17.9 Å². The molecule has 0 radical (unpaired) electrons. The first kappa shape index (κ1) is 19.2. The van der Waals surface area contributed by atoms with Crippen molar-refractivity contribution in [3.05, 3.63) is 65.7 Å². The van der Waals surface area contributed by atoms with Gasteiger partial charge in [0.05, 0.1) is 18.6 Å². The van der Waals surface area contributed by atoms with E-state index in [2.05, 4.69) is 5.32 Å². The zero-order chi connectivity index (χ0) is 18.8. The molecule has 26 heavy (non-hydrogen) atoms.